The lowest BCUT2D eigenvalue weighted by molar-refractivity contribution is 0.544. The molecule has 0 aliphatic carbocycles. The Morgan fingerprint density at radius 1 is 1.16 bits per heavy atom. The SMILES string of the molecule is Cc1cccc(CC(NN)c2cc(C)nnc2C)c1. The largest absolute Gasteiger partial charge is 0.271 e. The van der Waals surface area contributed by atoms with Crippen LogP contribution in [0.2, 0.25) is 0 Å². The summed E-state index contributed by atoms with van der Waals surface area (Å²) >= 11 is 0. The molecule has 1 aromatic carbocycles. The minimum absolute atomic E-state index is 0.0519. The van der Waals surface area contributed by atoms with Crippen LogP contribution < -0.4 is 11.3 Å². The molecule has 1 aromatic heterocycles. The van der Waals surface area contributed by atoms with Gasteiger partial charge in [-0.3, -0.25) is 11.3 Å². The van der Waals surface area contributed by atoms with Crippen molar-refractivity contribution in [1.29, 1.82) is 0 Å². The molecule has 4 heteroatoms. The van der Waals surface area contributed by atoms with Crippen LogP contribution in [0.25, 0.3) is 0 Å². The minimum Gasteiger partial charge on any atom is -0.271 e. The van der Waals surface area contributed by atoms with Crippen LogP contribution in [0.5, 0.6) is 0 Å². The maximum atomic E-state index is 5.71. The first-order valence-electron chi connectivity index (χ1n) is 6.42. The van der Waals surface area contributed by atoms with Gasteiger partial charge in [-0.1, -0.05) is 29.8 Å². The number of hydrogen-bond donors (Lipinski definition) is 2. The lowest BCUT2D eigenvalue weighted by atomic mass is 9.97. The van der Waals surface area contributed by atoms with Crippen molar-refractivity contribution in [2.75, 3.05) is 0 Å². The highest BCUT2D eigenvalue weighted by Gasteiger charge is 2.14. The van der Waals surface area contributed by atoms with Crippen molar-refractivity contribution < 1.29 is 0 Å². The van der Waals surface area contributed by atoms with Gasteiger partial charge in [-0.25, -0.2) is 0 Å². The van der Waals surface area contributed by atoms with Gasteiger partial charge in [0, 0.05) is 0 Å². The number of hydrogen-bond acceptors (Lipinski definition) is 4. The molecule has 2 aromatic rings. The van der Waals surface area contributed by atoms with E-state index in [1.165, 1.54) is 11.1 Å². The smallest absolute Gasteiger partial charge is 0.0648 e. The van der Waals surface area contributed by atoms with Crippen molar-refractivity contribution >= 4 is 0 Å². The van der Waals surface area contributed by atoms with E-state index in [-0.39, 0.29) is 6.04 Å². The lowest BCUT2D eigenvalue weighted by Crippen LogP contribution is -2.30. The molecule has 100 valence electrons. The Bertz CT molecular complexity index is 566. The molecule has 0 fully saturated rings. The first kappa shape index (κ1) is 13.6. The highest BCUT2D eigenvalue weighted by Crippen LogP contribution is 2.20. The van der Waals surface area contributed by atoms with Crippen molar-refractivity contribution in [3.63, 3.8) is 0 Å². The summed E-state index contributed by atoms with van der Waals surface area (Å²) < 4.78 is 0. The Balaban J connectivity index is 2.27. The van der Waals surface area contributed by atoms with Gasteiger partial charge in [-0.05, 0) is 44.4 Å². The second-order valence-electron chi connectivity index (χ2n) is 4.94. The molecule has 0 saturated carbocycles. The highest BCUT2D eigenvalue weighted by atomic mass is 15.2. The first-order valence-corrected chi connectivity index (χ1v) is 6.42. The summed E-state index contributed by atoms with van der Waals surface area (Å²) in [5.41, 5.74) is 8.34. The van der Waals surface area contributed by atoms with Crippen LogP contribution in [0.15, 0.2) is 30.3 Å². The van der Waals surface area contributed by atoms with E-state index >= 15 is 0 Å². The average molecular weight is 256 g/mol. The van der Waals surface area contributed by atoms with Gasteiger partial charge in [0.25, 0.3) is 0 Å². The van der Waals surface area contributed by atoms with Gasteiger partial charge in [-0.15, -0.1) is 0 Å². The van der Waals surface area contributed by atoms with Gasteiger partial charge < -0.3 is 0 Å². The van der Waals surface area contributed by atoms with Gasteiger partial charge in [0.05, 0.1) is 17.4 Å². The van der Waals surface area contributed by atoms with E-state index in [1.807, 2.05) is 19.9 Å². The van der Waals surface area contributed by atoms with E-state index in [4.69, 9.17) is 5.84 Å². The molecule has 0 aliphatic rings. The predicted molar refractivity (Wildman–Crippen MR) is 76.5 cm³/mol. The summed E-state index contributed by atoms with van der Waals surface area (Å²) in [7, 11) is 0. The fourth-order valence-corrected chi connectivity index (χ4v) is 2.26. The van der Waals surface area contributed by atoms with Crippen LogP contribution in [0.1, 0.15) is 34.1 Å². The van der Waals surface area contributed by atoms with Crippen LogP contribution in [0, 0.1) is 20.8 Å². The molecule has 0 amide bonds. The molecular formula is C15H20N4. The minimum atomic E-state index is 0.0519. The van der Waals surface area contributed by atoms with E-state index in [2.05, 4.69) is 46.8 Å². The zero-order valence-corrected chi connectivity index (χ0v) is 11.6. The quantitative estimate of drug-likeness (QED) is 0.650. The summed E-state index contributed by atoms with van der Waals surface area (Å²) in [6, 6.07) is 10.6. The van der Waals surface area contributed by atoms with E-state index in [0.717, 1.165) is 23.4 Å². The van der Waals surface area contributed by atoms with Crippen molar-refractivity contribution in [1.82, 2.24) is 15.6 Å². The van der Waals surface area contributed by atoms with Crippen molar-refractivity contribution in [3.05, 3.63) is 58.4 Å². The standard InChI is InChI=1S/C15H20N4/c1-10-5-4-6-13(7-10)9-15(17-16)14-8-11(2)18-19-12(14)3/h4-8,15,17H,9,16H2,1-3H3. The summed E-state index contributed by atoms with van der Waals surface area (Å²) in [5, 5.41) is 8.22. The number of rotatable bonds is 4. The van der Waals surface area contributed by atoms with Gasteiger partial charge >= 0.3 is 0 Å². The molecule has 1 atom stereocenters. The molecule has 0 spiro atoms. The molecule has 0 radical (unpaired) electrons. The van der Waals surface area contributed by atoms with Gasteiger partial charge in [0.2, 0.25) is 0 Å². The Morgan fingerprint density at radius 2 is 1.95 bits per heavy atom. The Kier molecular flexibility index (Phi) is 4.24. The molecular weight excluding hydrogens is 236 g/mol. The van der Waals surface area contributed by atoms with Crippen LogP contribution >= 0.6 is 0 Å². The van der Waals surface area contributed by atoms with Crippen LogP contribution in [-0.2, 0) is 6.42 Å². The van der Waals surface area contributed by atoms with Crippen molar-refractivity contribution in [2.45, 2.75) is 33.2 Å². The zero-order chi connectivity index (χ0) is 13.8. The summed E-state index contributed by atoms with van der Waals surface area (Å²) in [5.74, 6) is 5.71. The fourth-order valence-electron chi connectivity index (χ4n) is 2.26. The molecule has 1 heterocycles. The van der Waals surface area contributed by atoms with Crippen molar-refractivity contribution in [2.24, 2.45) is 5.84 Å². The maximum Gasteiger partial charge on any atom is 0.0648 e. The fraction of sp³-hybridized carbons (Fsp3) is 0.333. The number of nitrogens with zero attached hydrogens (tertiary/aromatic N) is 2. The molecule has 3 N–H and O–H groups in total. The topological polar surface area (TPSA) is 63.8 Å². The molecule has 19 heavy (non-hydrogen) atoms. The Labute approximate surface area is 114 Å². The number of aryl methyl sites for hydroxylation is 3. The van der Waals surface area contributed by atoms with E-state index in [0.29, 0.717) is 0 Å². The third-order valence-electron chi connectivity index (χ3n) is 3.24. The molecule has 2 rings (SSSR count). The summed E-state index contributed by atoms with van der Waals surface area (Å²) in [6.07, 6.45) is 0.837. The van der Waals surface area contributed by atoms with Gasteiger partial charge in [0.15, 0.2) is 0 Å². The number of aromatic nitrogens is 2. The van der Waals surface area contributed by atoms with Crippen LogP contribution in [0.4, 0.5) is 0 Å². The first-order chi connectivity index (χ1) is 9.10. The molecule has 1 unspecified atom stereocenters. The highest BCUT2D eigenvalue weighted by molar-refractivity contribution is 5.28. The van der Waals surface area contributed by atoms with E-state index in [1.54, 1.807) is 0 Å². The van der Waals surface area contributed by atoms with Crippen molar-refractivity contribution in [3.8, 4) is 0 Å². The second-order valence-corrected chi connectivity index (χ2v) is 4.94. The monoisotopic (exact) mass is 256 g/mol. The number of nitrogens with two attached hydrogens (primary N) is 1. The number of benzene rings is 1. The van der Waals surface area contributed by atoms with E-state index < -0.39 is 0 Å². The number of nitrogens with one attached hydrogen (secondary N) is 1. The molecule has 0 aliphatic heterocycles. The second kappa shape index (κ2) is 5.91. The van der Waals surface area contributed by atoms with Gasteiger partial charge in [-0.2, -0.15) is 10.2 Å². The molecule has 4 nitrogen and oxygen atoms in total. The van der Waals surface area contributed by atoms with Crippen LogP contribution in [-0.4, -0.2) is 10.2 Å². The van der Waals surface area contributed by atoms with Gasteiger partial charge in [0.1, 0.15) is 0 Å². The van der Waals surface area contributed by atoms with E-state index in [9.17, 15) is 0 Å². The predicted octanol–water partition coefficient (Wildman–Crippen LogP) is 2.15. The summed E-state index contributed by atoms with van der Waals surface area (Å²) in [6.45, 7) is 6.00. The maximum absolute atomic E-state index is 5.71. The number of hydrazine groups is 1. The molecule has 0 saturated heterocycles. The third kappa shape index (κ3) is 3.36. The molecule has 0 bridgehead atoms. The van der Waals surface area contributed by atoms with Crippen LogP contribution in [0.3, 0.4) is 0 Å². The Hall–Kier alpha value is -1.78. The normalized spacial score (nSPS) is 12.4. The zero-order valence-electron chi connectivity index (χ0n) is 11.6. The average Bonchev–Trinajstić information content (AvgIpc) is 2.39. The summed E-state index contributed by atoms with van der Waals surface area (Å²) in [4.78, 5) is 0. The Morgan fingerprint density at radius 3 is 2.63 bits per heavy atom. The lowest BCUT2D eigenvalue weighted by Gasteiger charge is -2.18. The third-order valence-corrected chi connectivity index (χ3v) is 3.24.